The summed E-state index contributed by atoms with van der Waals surface area (Å²) in [4.78, 5) is 25.1. The lowest BCUT2D eigenvalue weighted by Crippen LogP contribution is -2.50. The number of rotatable bonds is 2. The smallest absolute Gasteiger partial charge is 0.331 e. The number of carbonyl (C=O) groups is 2. The van der Waals surface area contributed by atoms with Crippen molar-refractivity contribution < 1.29 is 14.3 Å². The molecule has 0 amide bonds. The number of fused-ring (bicyclic) bond motifs is 2. The fraction of sp³-hybridized carbons (Fsp3) is 0.385. The highest BCUT2D eigenvalue weighted by Gasteiger charge is 2.48. The summed E-state index contributed by atoms with van der Waals surface area (Å²) in [5.41, 5.74) is 1.12. The third-order valence-electron chi connectivity index (χ3n) is 3.47. The number of nitrogens with zero attached hydrogens (tertiary/aromatic N) is 1. The van der Waals surface area contributed by atoms with Crippen molar-refractivity contribution in [1.82, 2.24) is 4.90 Å². The monoisotopic (exact) mass is 231 g/mol. The van der Waals surface area contributed by atoms with Crippen LogP contribution in [0.1, 0.15) is 18.4 Å². The minimum atomic E-state index is -0.389. The molecule has 0 spiro atoms. The zero-order chi connectivity index (χ0) is 11.8. The predicted molar refractivity (Wildman–Crippen MR) is 59.9 cm³/mol. The van der Waals surface area contributed by atoms with Gasteiger partial charge >= 0.3 is 11.9 Å². The van der Waals surface area contributed by atoms with Crippen LogP contribution in [0.15, 0.2) is 30.3 Å². The molecule has 1 aromatic rings. The Bertz CT molecular complexity index is 435. The fourth-order valence-corrected chi connectivity index (χ4v) is 2.62. The van der Waals surface area contributed by atoms with E-state index in [-0.39, 0.29) is 24.0 Å². The van der Waals surface area contributed by atoms with Crippen LogP contribution in [0.3, 0.4) is 0 Å². The van der Waals surface area contributed by atoms with Crippen LogP contribution >= 0.6 is 0 Å². The molecule has 0 aliphatic carbocycles. The maximum absolute atomic E-state index is 11.6. The van der Waals surface area contributed by atoms with Gasteiger partial charge in [-0.25, -0.2) is 9.59 Å². The van der Waals surface area contributed by atoms with Gasteiger partial charge < -0.3 is 4.74 Å². The van der Waals surface area contributed by atoms with E-state index in [0.717, 1.165) is 18.4 Å². The molecule has 2 heterocycles. The first kappa shape index (κ1) is 10.5. The number of cyclic esters (lactones) is 2. The second kappa shape index (κ2) is 3.96. The Morgan fingerprint density at radius 1 is 1.06 bits per heavy atom. The van der Waals surface area contributed by atoms with E-state index in [9.17, 15) is 9.59 Å². The summed E-state index contributed by atoms with van der Waals surface area (Å²) < 4.78 is 4.72. The lowest BCUT2D eigenvalue weighted by Gasteiger charge is -2.31. The van der Waals surface area contributed by atoms with Crippen molar-refractivity contribution in [2.24, 2.45) is 0 Å². The van der Waals surface area contributed by atoms with Gasteiger partial charge in [-0.2, -0.15) is 0 Å². The van der Waals surface area contributed by atoms with Crippen LogP contribution in [0.5, 0.6) is 0 Å². The molecule has 0 aromatic heterocycles. The lowest BCUT2D eigenvalue weighted by molar-refractivity contribution is -0.173. The molecule has 0 unspecified atom stereocenters. The van der Waals surface area contributed by atoms with Gasteiger partial charge in [-0.3, -0.25) is 4.90 Å². The van der Waals surface area contributed by atoms with Crippen LogP contribution < -0.4 is 0 Å². The molecule has 2 aliphatic rings. The van der Waals surface area contributed by atoms with Crippen molar-refractivity contribution in [3.8, 4) is 0 Å². The van der Waals surface area contributed by atoms with Crippen molar-refractivity contribution in [3.05, 3.63) is 35.9 Å². The highest BCUT2D eigenvalue weighted by molar-refractivity contribution is 5.95. The molecule has 0 saturated carbocycles. The Morgan fingerprint density at radius 3 is 2.24 bits per heavy atom. The zero-order valence-corrected chi connectivity index (χ0v) is 9.33. The Kier molecular flexibility index (Phi) is 2.44. The molecule has 2 atom stereocenters. The second-order valence-corrected chi connectivity index (χ2v) is 4.51. The Hall–Kier alpha value is -1.68. The van der Waals surface area contributed by atoms with Crippen molar-refractivity contribution in [2.45, 2.75) is 31.5 Å². The van der Waals surface area contributed by atoms with Crippen molar-refractivity contribution in [2.75, 3.05) is 0 Å². The first-order valence-electron chi connectivity index (χ1n) is 5.81. The molecular weight excluding hydrogens is 218 g/mol. The van der Waals surface area contributed by atoms with Crippen LogP contribution in [0.2, 0.25) is 0 Å². The summed E-state index contributed by atoms with van der Waals surface area (Å²) in [6, 6.07) is 9.40. The van der Waals surface area contributed by atoms with Crippen LogP contribution in [0, 0.1) is 0 Å². The summed E-state index contributed by atoms with van der Waals surface area (Å²) >= 11 is 0. The van der Waals surface area contributed by atoms with E-state index < -0.39 is 0 Å². The third kappa shape index (κ3) is 1.74. The molecular formula is C13H13NO3. The topological polar surface area (TPSA) is 46.6 Å². The SMILES string of the molecule is O=C1OC(=O)[C@@H]2CC[C@H]1N2Cc1ccccc1. The molecule has 2 aliphatic heterocycles. The first-order valence-corrected chi connectivity index (χ1v) is 5.81. The predicted octanol–water partition coefficient (Wildman–Crippen LogP) is 1.10. The maximum Gasteiger partial charge on any atom is 0.331 e. The largest absolute Gasteiger partial charge is 0.391 e. The van der Waals surface area contributed by atoms with Gasteiger partial charge in [0.1, 0.15) is 12.1 Å². The van der Waals surface area contributed by atoms with Crippen LogP contribution in [-0.4, -0.2) is 28.9 Å². The van der Waals surface area contributed by atoms with Gasteiger partial charge in [0, 0.05) is 6.54 Å². The van der Waals surface area contributed by atoms with Gasteiger partial charge in [0.2, 0.25) is 0 Å². The fourth-order valence-electron chi connectivity index (χ4n) is 2.62. The molecule has 2 fully saturated rings. The van der Waals surface area contributed by atoms with Crippen molar-refractivity contribution in [3.63, 3.8) is 0 Å². The quantitative estimate of drug-likeness (QED) is 0.565. The normalized spacial score (nSPS) is 28.2. The summed E-state index contributed by atoms with van der Waals surface area (Å²) in [5, 5.41) is 0. The average molecular weight is 231 g/mol. The minimum Gasteiger partial charge on any atom is -0.391 e. The molecule has 1 aromatic carbocycles. The number of ether oxygens (including phenoxy) is 1. The Balaban J connectivity index is 1.84. The van der Waals surface area contributed by atoms with Crippen molar-refractivity contribution in [1.29, 1.82) is 0 Å². The highest BCUT2D eigenvalue weighted by Crippen LogP contribution is 2.31. The molecule has 88 valence electrons. The van der Waals surface area contributed by atoms with Gasteiger partial charge in [-0.05, 0) is 18.4 Å². The highest BCUT2D eigenvalue weighted by atomic mass is 16.6. The zero-order valence-electron chi connectivity index (χ0n) is 9.33. The van der Waals surface area contributed by atoms with Crippen LogP contribution in [0.4, 0.5) is 0 Å². The standard InChI is InChI=1S/C13H13NO3/c15-12-10-6-7-11(13(16)17-12)14(10)8-9-4-2-1-3-5-9/h1-5,10-11H,6-8H2/t10-,11+. The second-order valence-electron chi connectivity index (χ2n) is 4.51. The third-order valence-corrected chi connectivity index (χ3v) is 3.47. The van der Waals surface area contributed by atoms with E-state index in [4.69, 9.17) is 4.74 Å². The van der Waals surface area contributed by atoms with Crippen LogP contribution in [-0.2, 0) is 20.9 Å². The minimum absolute atomic E-state index is 0.238. The number of benzene rings is 1. The van der Waals surface area contributed by atoms with Gasteiger partial charge in [-0.1, -0.05) is 30.3 Å². The lowest BCUT2D eigenvalue weighted by atomic mass is 10.1. The van der Waals surface area contributed by atoms with E-state index in [2.05, 4.69) is 0 Å². The molecule has 2 saturated heterocycles. The summed E-state index contributed by atoms with van der Waals surface area (Å²) in [5.74, 6) is -0.778. The Labute approximate surface area is 99.2 Å². The summed E-state index contributed by atoms with van der Waals surface area (Å²) in [7, 11) is 0. The molecule has 4 nitrogen and oxygen atoms in total. The molecule has 0 N–H and O–H groups in total. The van der Waals surface area contributed by atoms with Gasteiger partial charge in [0.05, 0.1) is 0 Å². The van der Waals surface area contributed by atoms with Crippen LogP contribution in [0.25, 0.3) is 0 Å². The maximum atomic E-state index is 11.6. The molecule has 3 rings (SSSR count). The van der Waals surface area contributed by atoms with Gasteiger partial charge in [-0.15, -0.1) is 0 Å². The number of morpholine rings is 1. The van der Waals surface area contributed by atoms with E-state index in [1.807, 2.05) is 35.2 Å². The number of hydrogen-bond acceptors (Lipinski definition) is 4. The van der Waals surface area contributed by atoms with E-state index in [1.54, 1.807) is 0 Å². The molecule has 4 heteroatoms. The van der Waals surface area contributed by atoms with Crippen molar-refractivity contribution >= 4 is 11.9 Å². The number of esters is 2. The van der Waals surface area contributed by atoms with Gasteiger partial charge in [0.25, 0.3) is 0 Å². The van der Waals surface area contributed by atoms with Gasteiger partial charge in [0.15, 0.2) is 0 Å². The molecule has 0 radical (unpaired) electrons. The number of hydrogen-bond donors (Lipinski definition) is 0. The Morgan fingerprint density at radius 2 is 1.65 bits per heavy atom. The summed E-state index contributed by atoms with van der Waals surface area (Å²) in [6.45, 7) is 0.636. The average Bonchev–Trinajstić information content (AvgIpc) is 2.67. The van der Waals surface area contributed by atoms with E-state index >= 15 is 0 Å². The number of carbonyl (C=O) groups excluding carboxylic acids is 2. The van der Waals surface area contributed by atoms with E-state index in [0.29, 0.717) is 6.54 Å². The van der Waals surface area contributed by atoms with E-state index in [1.165, 1.54) is 0 Å². The molecule has 2 bridgehead atoms. The summed E-state index contributed by atoms with van der Waals surface area (Å²) in [6.07, 6.45) is 1.45. The first-order chi connectivity index (χ1) is 8.25. The molecule has 17 heavy (non-hydrogen) atoms.